The fourth-order valence-electron chi connectivity index (χ4n) is 2.78. The number of carbonyl (C=O) groups is 2. The van der Waals surface area contributed by atoms with Crippen LogP contribution in [0.2, 0.25) is 0 Å². The summed E-state index contributed by atoms with van der Waals surface area (Å²) in [6.45, 7) is 4.48. The van der Waals surface area contributed by atoms with Gasteiger partial charge in [0.25, 0.3) is 0 Å². The Kier molecular flexibility index (Phi) is 5.80. The van der Waals surface area contributed by atoms with Crippen molar-refractivity contribution in [1.29, 1.82) is 0 Å². The van der Waals surface area contributed by atoms with E-state index in [2.05, 4.69) is 24.3 Å². The van der Waals surface area contributed by atoms with Crippen molar-refractivity contribution in [2.75, 3.05) is 14.1 Å². The van der Waals surface area contributed by atoms with Crippen LogP contribution in [0.4, 0.5) is 0 Å². The monoisotopic (exact) mass is 320 g/mol. The third-order valence-corrected chi connectivity index (χ3v) is 4.22. The lowest BCUT2D eigenvalue weighted by Crippen LogP contribution is -2.31. The Labute approximate surface area is 138 Å². The molecule has 0 unspecified atom stereocenters. The van der Waals surface area contributed by atoms with Gasteiger partial charge in [-0.15, -0.1) is 0 Å². The maximum Gasteiger partial charge on any atom is 0.243 e. The normalized spacial score (nSPS) is 17.0. The lowest BCUT2D eigenvalue weighted by Gasteiger charge is -2.22. The molecule has 0 aliphatic heterocycles. The van der Waals surface area contributed by atoms with Crippen molar-refractivity contribution in [2.24, 2.45) is 5.92 Å². The van der Waals surface area contributed by atoms with Gasteiger partial charge in [-0.3, -0.25) is 14.3 Å². The highest BCUT2D eigenvalue weighted by atomic mass is 16.2. The van der Waals surface area contributed by atoms with E-state index >= 15 is 0 Å². The van der Waals surface area contributed by atoms with Crippen molar-refractivity contribution in [3.05, 3.63) is 17.5 Å². The Balaban J connectivity index is 2.02. The number of likely N-dealkylation sites (N-methyl/N-ethyl adjacent to an activating group) is 1. The van der Waals surface area contributed by atoms with Crippen LogP contribution in [0.25, 0.3) is 0 Å². The van der Waals surface area contributed by atoms with Gasteiger partial charge in [-0.1, -0.05) is 13.8 Å². The van der Waals surface area contributed by atoms with Crippen LogP contribution in [0.3, 0.4) is 0 Å². The van der Waals surface area contributed by atoms with Gasteiger partial charge in [0.15, 0.2) is 0 Å². The first-order chi connectivity index (χ1) is 10.9. The van der Waals surface area contributed by atoms with E-state index in [9.17, 15) is 9.59 Å². The van der Waals surface area contributed by atoms with E-state index < -0.39 is 0 Å². The summed E-state index contributed by atoms with van der Waals surface area (Å²) in [4.78, 5) is 25.5. The van der Waals surface area contributed by atoms with Crippen molar-refractivity contribution >= 4 is 11.8 Å². The molecule has 1 N–H and O–H groups in total. The van der Waals surface area contributed by atoms with Gasteiger partial charge in [-0.25, -0.2) is 0 Å². The molecule has 23 heavy (non-hydrogen) atoms. The maximum atomic E-state index is 12.1. The number of hydrogen-bond acceptors (Lipinski definition) is 3. The Morgan fingerprint density at radius 2 is 2.17 bits per heavy atom. The van der Waals surface area contributed by atoms with Crippen molar-refractivity contribution in [3.8, 4) is 0 Å². The molecule has 1 aromatic rings. The van der Waals surface area contributed by atoms with Crippen LogP contribution in [0.5, 0.6) is 0 Å². The second-order valence-corrected chi connectivity index (χ2v) is 6.97. The summed E-state index contributed by atoms with van der Waals surface area (Å²) < 4.78 is 1.70. The van der Waals surface area contributed by atoms with E-state index in [1.165, 1.54) is 0 Å². The molecule has 1 aromatic heterocycles. The first-order valence-corrected chi connectivity index (χ1v) is 8.42. The van der Waals surface area contributed by atoms with Crippen molar-refractivity contribution in [1.82, 2.24) is 20.0 Å². The predicted molar refractivity (Wildman–Crippen MR) is 88.8 cm³/mol. The molecule has 0 saturated carbocycles. The minimum atomic E-state index is -0.0193. The van der Waals surface area contributed by atoms with Gasteiger partial charge in [0.05, 0.1) is 11.7 Å². The molecule has 6 nitrogen and oxygen atoms in total. The largest absolute Gasteiger partial charge is 0.348 e. The number of nitrogens with zero attached hydrogens (tertiary/aromatic N) is 3. The highest BCUT2D eigenvalue weighted by Gasteiger charge is 2.25. The van der Waals surface area contributed by atoms with Crippen molar-refractivity contribution in [3.63, 3.8) is 0 Å². The number of aromatic nitrogens is 2. The molecule has 0 fully saturated rings. The second kappa shape index (κ2) is 7.62. The topological polar surface area (TPSA) is 67.2 Å². The molecule has 0 spiro atoms. The average Bonchev–Trinajstić information content (AvgIpc) is 2.88. The zero-order valence-electron chi connectivity index (χ0n) is 14.6. The van der Waals surface area contributed by atoms with Crippen LogP contribution >= 0.6 is 0 Å². The van der Waals surface area contributed by atoms with E-state index in [0.29, 0.717) is 12.3 Å². The molecule has 1 aliphatic carbocycles. The SMILES string of the molecule is CC(C)CCC(=O)N[C@@H]1CCCc2cn(CC(=O)N(C)C)nc21. The van der Waals surface area contributed by atoms with Crippen LogP contribution in [0, 0.1) is 5.92 Å². The minimum Gasteiger partial charge on any atom is -0.348 e. The van der Waals surface area contributed by atoms with Crippen LogP contribution < -0.4 is 5.32 Å². The van der Waals surface area contributed by atoms with Gasteiger partial charge in [0.1, 0.15) is 6.54 Å². The Morgan fingerprint density at radius 3 is 2.83 bits per heavy atom. The second-order valence-electron chi connectivity index (χ2n) is 6.97. The first kappa shape index (κ1) is 17.5. The molecule has 0 bridgehead atoms. The van der Waals surface area contributed by atoms with Gasteiger partial charge >= 0.3 is 0 Å². The number of fused-ring (bicyclic) bond motifs is 1. The van der Waals surface area contributed by atoms with Crippen LogP contribution in [0.15, 0.2) is 6.20 Å². The molecule has 2 rings (SSSR count). The Bertz CT molecular complexity index is 563. The summed E-state index contributed by atoms with van der Waals surface area (Å²) in [7, 11) is 3.48. The van der Waals surface area contributed by atoms with Gasteiger partial charge in [0.2, 0.25) is 11.8 Å². The molecule has 1 heterocycles. The molecule has 128 valence electrons. The van der Waals surface area contributed by atoms with E-state index in [-0.39, 0.29) is 24.4 Å². The van der Waals surface area contributed by atoms with Gasteiger partial charge in [-0.05, 0) is 37.2 Å². The van der Waals surface area contributed by atoms with E-state index in [4.69, 9.17) is 0 Å². The molecule has 1 aliphatic rings. The summed E-state index contributed by atoms with van der Waals surface area (Å²) in [5.41, 5.74) is 2.08. The predicted octanol–water partition coefficient (Wildman–Crippen LogP) is 1.90. The molecule has 2 amide bonds. The smallest absolute Gasteiger partial charge is 0.243 e. The highest BCUT2D eigenvalue weighted by Crippen LogP contribution is 2.28. The third-order valence-electron chi connectivity index (χ3n) is 4.22. The third kappa shape index (κ3) is 4.81. The first-order valence-electron chi connectivity index (χ1n) is 8.42. The van der Waals surface area contributed by atoms with E-state index in [1.807, 2.05) is 6.20 Å². The molecule has 0 radical (unpaired) electrons. The fourth-order valence-corrected chi connectivity index (χ4v) is 2.78. The van der Waals surface area contributed by atoms with Crippen molar-refractivity contribution < 1.29 is 9.59 Å². The van der Waals surface area contributed by atoms with Crippen LogP contribution in [0.1, 0.15) is 56.8 Å². The summed E-state index contributed by atoms with van der Waals surface area (Å²) >= 11 is 0. The molecule has 6 heteroatoms. The van der Waals surface area contributed by atoms with Gasteiger partial charge < -0.3 is 10.2 Å². The van der Waals surface area contributed by atoms with E-state index in [1.54, 1.807) is 23.7 Å². The number of aryl methyl sites for hydroxylation is 1. The minimum absolute atomic E-state index is 0.0161. The van der Waals surface area contributed by atoms with Gasteiger partial charge in [-0.2, -0.15) is 5.10 Å². The molecule has 0 saturated heterocycles. The fraction of sp³-hybridized carbons (Fsp3) is 0.706. The summed E-state index contributed by atoms with van der Waals surface area (Å²) in [6.07, 6.45) is 6.32. The zero-order chi connectivity index (χ0) is 17.0. The Morgan fingerprint density at radius 1 is 1.43 bits per heavy atom. The standard InChI is InChI=1S/C17H28N4O2/c1-12(2)8-9-15(22)18-14-7-5-6-13-10-21(19-17(13)14)11-16(23)20(3)4/h10,12,14H,5-9,11H2,1-4H3,(H,18,22)/t14-/m1/s1. The maximum absolute atomic E-state index is 12.1. The van der Waals surface area contributed by atoms with E-state index in [0.717, 1.165) is 36.9 Å². The summed E-state index contributed by atoms with van der Waals surface area (Å²) in [6, 6.07) is -0.0193. The lowest BCUT2D eigenvalue weighted by molar-refractivity contribution is -0.129. The quantitative estimate of drug-likeness (QED) is 0.870. The number of carbonyl (C=O) groups excluding carboxylic acids is 2. The summed E-state index contributed by atoms with van der Waals surface area (Å²) in [5, 5.41) is 7.67. The molecule has 0 aromatic carbocycles. The van der Waals surface area contributed by atoms with Crippen LogP contribution in [-0.2, 0) is 22.6 Å². The zero-order valence-corrected chi connectivity index (χ0v) is 14.6. The molecular weight excluding hydrogens is 292 g/mol. The number of amides is 2. The molecule has 1 atom stereocenters. The lowest BCUT2D eigenvalue weighted by atomic mass is 9.93. The summed E-state index contributed by atoms with van der Waals surface area (Å²) in [5.74, 6) is 0.636. The Hall–Kier alpha value is -1.85. The highest BCUT2D eigenvalue weighted by molar-refractivity contribution is 5.76. The number of rotatable bonds is 6. The van der Waals surface area contributed by atoms with Crippen molar-refractivity contribution in [2.45, 2.75) is 58.5 Å². The number of nitrogens with one attached hydrogen (secondary N) is 1. The average molecular weight is 320 g/mol. The van der Waals surface area contributed by atoms with Crippen LogP contribution in [-0.4, -0.2) is 40.6 Å². The number of hydrogen-bond donors (Lipinski definition) is 1. The molecular formula is C17H28N4O2. The van der Waals surface area contributed by atoms with Gasteiger partial charge in [0, 0.05) is 26.7 Å².